The summed E-state index contributed by atoms with van der Waals surface area (Å²) in [6.07, 6.45) is -3.00. The lowest BCUT2D eigenvalue weighted by Gasteiger charge is -2.34. The minimum atomic E-state index is -0.932. The normalized spacial score (nSPS) is 27.6. The average Bonchev–Trinajstić information content (AvgIpc) is 4.00. The van der Waals surface area contributed by atoms with Gasteiger partial charge >= 0.3 is 24.2 Å². The maximum absolute atomic E-state index is 12.6. The first-order valence-corrected chi connectivity index (χ1v) is 20.5. The van der Waals surface area contributed by atoms with Gasteiger partial charge in [-0.15, -0.1) is 0 Å². The Kier molecular flexibility index (Phi) is 14.9. The molecule has 15 heteroatoms. The van der Waals surface area contributed by atoms with Gasteiger partial charge in [0.1, 0.15) is 25.4 Å². The fourth-order valence-electron chi connectivity index (χ4n) is 9.19. The van der Waals surface area contributed by atoms with E-state index in [2.05, 4.69) is 0 Å². The van der Waals surface area contributed by atoms with E-state index in [0.717, 1.165) is 25.7 Å². The van der Waals surface area contributed by atoms with Gasteiger partial charge in [-0.1, -0.05) is 36.4 Å². The molecular weight excluding hydrogens is 768 g/mol. The summed E-state index contributed by atoms with van der Waals surface area (Å²) in [4.78, 5) is 49.8. The Morgan fingerprint density at radius 3 is 1.31 bits per heavy atom. The van der Waals surface area contributed by atoms with Gasteiger partial charge in [-0.05, 0) is 76.6 Å². The van der Waals surface area contributed by atoms with E-state index in [1.54, 1.807) is 27.7 Å². The van der Waals surface area contributed by atoms with E-state index < -0.39 is 49.0 Å². The van der Waals surface area contributed by atoms with Crippen molar-refractivity contribution in [1.29, 1.82) is 0 Å². The topological polar surface area (TPSA) is 170 Å². The average molecular weight is 827 g/mol. The zero-order valence-electron chi connectivity index (χ0n) is 35.1. The summed E-state index contributed by atoms with van der Waals surface area (Å²) >= 11 is 0. The third-order valence-electron chi connectivity index (χ3n) is 11.4. The van der Waals surface area contributed by atoms with Crippen molar-refractivity contribution >= 4 is 24.2 Å². The molecule has 0 aromatic heterocycles. The highest BCUT2D eigenvalue weighted by Crippen LogP contribution is 2.52. The summed E-state index contributed by atoms with van der Waals surface area (Å²) in [5, 5.41) is 0. The predicted octanol–water partition coefficient (Wildman–Crippen LogP) is 7.61. The van der Waals surface area contributed by atoms with Gasteiger partial charge in [0.15, 0.2) is 12.6 Å². The molecule has 6 rings (SSSR count). The van der Waals surface area contributed by atoms with Crippen molar-refractivity contribution < 1.29 is 71.3 Å². The van der Waals surface area contributed by atoms with Crippen molar-refractivity contribution in [2.45, 2.75) is 129 Å². The van der Waals surface area contributed by atoms with Crippen LogP contribution in [0.4, 0.5) is 9.59 Å². The Morgan fingerprint density at radius 1 is 0.576 bits per heavy atom. The second-order valence-corrected chi connectivity index (χ2v) is 16.2. The molecule has 4 aliphatic rings. The molecule has 12 atom stereocenters. The summed E-state index contributed by atoms with van der Waals surface area (Å²) in [6.45, 7) is 9.83. The SMILES string of the molecule is CO[C@H](O[C@@H](OC)c1cccc([C@H](OC(C)=O)[C@@H]2C3CC[C@@H](O3)[C@@H]2COC(=O)OC(C)C)c1)c1cccc([C@@H](OC(C)=O)[C@@H]2C3CC[C@@H](O3)[C@@H]2COC(=O)OC(C)C)c1. The van der Waals surface area contributed by atoms with Crippen LogP contribution in [0.3, 0.4) is 0 Å². The van der Waals surface area contributed by atoms with E-state index in [1.807, 2.05) is 48.5 Å². The van der Waals surface area contributed by atoms with Gasteiger partial charge < -0.3 is 52.1 Å². The van der Waals surface area contributed by atoms with Gasteiger partial charge in [-0.2, -0.15) is 0 Å². The number of carbonyl (C=O) groups is 4. The van der Waals surface area contributed by atoms with Gasteiger partial charge in [0.25, 0.3) is 0 Å². The van der Waals surface area contributed by atoms with E-state index in [9.17, 15) is 19.2 Å². The molecule has 0 N–H and O–H groups in total. The van der Waals surface area contributed by atoms with Crippen LogP contribution in [0.25, 0.3) is 0 Å². The zero-order valence-corrected chi connectivity index (χ0v) is 35.1. The van der Waals surface area contributed by atoms with E-state index in [4.69, 9.17) is 52.1 Å². The minimum Gasteiger partial charge on any atom is -0.457 e. The first kappa shape index (κ1) is 44.3. The van der Waals surface area contributed by atoms with Crippen molar-refractivity contribution in [3.8, 4) is 0 Å². The third kappa shape index (κ3) is 10.7. The van der Waals surface area contributed by atoms with Crippen LogP contribution in [0.15, 0.2) is 48.5 Å². The number of esters is 2. The third-order valence-corrected chi connectivity index (χ3v) is 11.4. The summed E-state index contributed by atoms with van der Waals surface area (Å²) in [5.74, 6) is -1.96. The highest BCUT2D eigenvalue weighted by Gasteiger charge is 2.55. The molecule has 4 heterocycles. The van der Waals surface area contributed by atoms with Crippen molar-refractivity contribution in [2.24, 2.45) is 23.7 Å². The Morgan fingerprint density at radius 2 is 0.949 bits per heavy atom. The molecule has 324 valence electrons. The molecule has 4 aliphatic heterocycles. The molecule has 0 spiro atoms. The molecule has 0 amide bonds. The quantitative estimate of drug-likeness (QED) is 0.0817. The van der Waals surface area contributed by atoms with Gasteiger partial charge in [-0.3, -0.25) is 9.59 Å². The first-order valence-electron chi connectivity index (χ1n) is 20.5. The summed E-state index contributed by atoms with van der Waals surface area (Å²) in [6, 6.07) is 14.8. The molecule has 59 heavy (non-hydrogen) atoms. The van der Waals surface area contributed by atoms with Crippen molar-refractivity contribution in [3.63, 3.8) is 0 Å². The van der Waals surface area contributed by atoms with Crippen LogP contribution in [0, 0.1) is 23.7 Å². The zero-order chi connectivity index (χ0) is 42.4. The molecule has 4 saturated heterocycles. The highest BCUT2D eigenvalue weighted by atomic mass is 16.8. The number of fused-ring (bicyclic) bond motifs is 4. The monoisotopic (exact) mass is 826 g/mol. The lowest BCUT2D eigenvalue weighted by molar-refractivity contribution is -0.237. The Bertz CT molecular complexity index is 1640. The van der Waals surface area contributed by atoms with Gasteiger partial charge in [0, 0.05) is 62.9 Å². The van der Waals surface area contributed by atoms with Crippen molar-refractivity contribution in [3.05, 3.63) is 70.8 Å². The Balaban J connectivity index is 1.22. The maximum atomic E-state index is 12.6. The molecule has 2 aromatic rings. The Labute approximate surface area is 345 Å². The molecule has 0 radical (unpaired) electrons. The van der Waals surface area contributed by atoms with E-state index >= 15 is 0 Å². The number of benzene rings is 2. The van der Waals surface area contributed by atoms with Crippen LogP contribution in [0.1, 0.15) is 114 Å². The van der Waals surface area contributed by atoms with E-state index in [0.29, 0.717) is 22.3 Å². The van der Waals surface area contributed by atoms with E-state index in [1.165, 1.54) is 28.1 Å². The summed E-state index contributed by atoms with van der Waals surface area (Å²) in [7, 11) is 3.03. The number of ether oxygens (including phenoxy) is 11. The smallest absolute Gasteiger partial charge is 0.457 e. The minimum absolute atomic E-state index is 0.0575. The molecule has 4 bridgehead atoms. The maximum Gasteiger partial charge on any atom is 0.508 e. The lowest BCUT2D eigenvalue weighted by Crippen LogP contribution is -2.37. The first-order chi connectivity index (χ1) is 28.3. The Hall–Kier alpha value is -4.28. The molecule has 2 unspecified atom stereocenters. The predicted molar refractivity (Wildman–Crippen MR) is 207 cm³/mol. The van der Waals surface area contributed by atoms with Crippen LogP contribution < -0.4 is 0 Å². The van der Waals surface area contributed by atoms with Crippen LogP contribution in [-0.2, 0) is 61.7 Å². The second kappa shape index (κ2) is 19.9. The fourth-order valence-corrected chi connectivity index (χ4v) is 9.19. The largest absolute Gasteiger partial charge is 0.508 e. The van der Waals surface area contributed by atoms with Gasteiger partial charge in [0.05, 0.1) is 36.6 Å². The molecule has 4 fully saturated rings. The molecular formula is C44H58O15. The van der Waals surface area contributed by atoms with Gasteiger partial charge in [0.2, 0.25) is 0 Å². The fraction of sp³-hybridized carbons (Fsp3) is 0.636. The van der Waals surface area contributed by atoms with Crippen molar-refractivity contribution in [2.75, 3.05) is 27.4 Å². The van der Waals surface area contributed by atoms with Crippen molar-refractivity contribution in [1.82, 2.24) is 0 Å². The molecule has 15 nitrogen and oxygen atoms in total. The second-order valence-electron chi connectivity index (χ2n) is 16.2. The van der Waals surface area contributed by atoms with Crippen LogP contribution in [-0.4, -0.2) is 88.3 Å². The number of methoxy groups -OCH3 is 2. The number of hydrogen-bond donors (Lipinski definition) is 0. The van der Waals surface area contributed by atoms with Crippen LogP contribution >= 0.6 is 0 Å². The standard InChI is InChI=1S/C44H58O15/c1-23(2)53-43(47)51-21-31-33-15-17-35(57-33)37(31)39(55-25(5)45)27-11-9-13-29(19-27)41(49-7)59-42(50-8)30-14-10-12-28(20-30)40(56-26(6)46)38-32(34-16-18-36(38)58-34)22-52-44(48)54-24(3)4/h9-14,19-20,23-24,31-42H,15-18,21-22H2,1-8H3/t31-,32-,33+,34+,35?,36?,37-,38-,39-,40+,41+,42+/m0/s1. The highest BCUT2D eigenvalue weighted by molar-refractivity contribution is 5.67. The number of hydrogen-bond acceptors (Lipinski definition) is 15. The van der Waals surface area contributed by atoms with E-state index in [-0.39, 0.29) is 73.5 Å². The summed E-state index contributed by atoms with van der Waals surface area (Å²) in [5.41, 5.74) is 2.66. The summed E-state index contributed by atoms with van der Waals surface area (Å²) < 4.78 is 64.3. The molecule has 2 aromatic carbocycles. The van der Waals surface area contributed by atoms with Gasteiger partial charge in [-0.25, -0.2) is 9.59 Å². The molecule has 0 aliphatic carbocycles. The number of rotatable bonds is 18. The van der Waals surface area contributed by atoms with Crippen LogP contribution in [0.5, 0.6) is 0 Å². The van der Waals surface area contributed by atoms with Crippen LogP contribution in [0.2, 0.25) is 0 Å². The molecule has 0 saturated carbocycles. The number of carbonyl (C=O) groups excluding carboxylic acids is 4. The lowest BCUT2D eigenvalue weighted by atomic mass is 9.74.